The van der Waals surface area contributed by atoms with Gasteiger partial charge in [-0.2, -0.15) is 0 Å². The van der Waals surface area contributed by atoms with E-state index in [0.29, 0.717) is 30.9 Å². The van der Waals surface area contributed by atoms with Gasteiger partial charge in [-0.15, -0.1) is 0 Å². The zero-order valence-electron chi connectivity index (χ0n) is 15.5. The van der Waals surface area contributed by atoms with Crippen molar-refractivity contribution in [1.82, 2.24) is 16.0 Å². The average Bonchev–Trinajstić information content (AvgIpc) is 3.56. The maximum Gasteiger partial charge on any atom is 0.315 e. The normalized spacial score (nSPS) is 12.7. The van der Waals surface area contributed by atoms with E-state index >= 15 is 0 Å². The summed E-state index contributed by atoms with van der Waals surface area (Å²) in [5.41, 5.74) is 2.20. The van der Waals surface area contributed by atoms with Crippen LogP contribution in [0.5, 0.6) is 0 Å². The molecule has 1 aliphatic carbocycles. The summed E-state index contributed by atoms with van der Waals surface area (Å²) in [6.45, 7) is 1.09. The Kier molecular flexibility index (Phi) is 6.62. The van der Waals surface area contributed by atoms with Gasteiger partial charge in [-0.1, -0.05) is 30.3 Å². The van der Waals surface area contributed by atoms with Gasteiger partial charge < -0.3 is 21.3 Å². The Morgan fingerprint density at radius 2 is 1.50 bits per heavy atom. The minimum Gasteiger partial charge on any atom is -0.350 e. The Morgan fingerprint density at radius 1 is 0.821 bits per heavy atom. The molecule has 4 amide bonds. The number of carbonyl (C=O) groups is 3. The van der Waals surface area contributed by atoms with Gasteiger partial charge in [-0.25, -0.2) is 4.79 Å². The minimum atomic E-state index is -0.283. The maximum atomic E-state index is 12.1. The second-order valence-electron chi connectivity index (χ2n) is 6.69. The number of carbonyl (C=O) groups excluding carboxylic acids is 3. The molecule has 0 radical (unpaired) electrons. The van der Waals surface area contributed by atoms with Gasteiger partial charge in [0.25, 0.3) is 5.91 Å². The highest BCUT2D eigenvalue weighted by atomic mass is 16.2. The number of benzene rings is 2. The Balaban J connectivity index is 1.32. The zero-order valence-corrected chi connectivity index (χ0v) is 15.5. The summed E-state index contributed by atoms with van der Waals surface area (Å²) in [4.78, 5) is 35.6. The van der Waals surface area contributed by atoms with Crippen LogP contribution in [0.2, 0.25) is 0 Å². The third-order valence-electron chi connectivity index (χ3n) is 4.35. The third-order valence-corrected chi connectivity index (χ3v) is 4.35. The molecule has 0 aromatic heterocycles. The summed E-state index contributed by atoms with van der Waals surface area (Å²) >= 11 is 0. The molecule has 0 heterocycles. The zero-order chi connectivity index (χ0) is 19.8. The number of hydrogen-bond donors (Lipinski definition) is 4. The SMILES string of the molecule is O=C(NCCNC(=O)c1ccc(NC(=O)C2CC2)cc1)NCc1ccccc1. The van der Waals surface area contributed by atoms with Gasteiger partial charge in [0.1, 0.15) is 0 Å². The van der Waals surface area contributed by atoms with Crippen LogP contribution in [-0.2, 0) is 11.3 Å². The Hall–Kier alpha value is -3.35. The summed E-state index contributed by atoms with van der Waals surface area (Å²) in [5, 5.41) is 11.0. The largest absolute Gasteiger partial charge is 0.350 e. The summed E-state index contributed by atoms with van der Waals surface area (Å²) in [5.74, 6) is -0.0549. The molecule has 4 N–H and O–H groups in total. The van der Waals surface area contributed by atoms with Gasteiger partial charge in [0.2, 0.25) is 5.91 Å². The fourth-order valence-electron chi connectivity index (χ4n) is 2.59. The van der Waals surface area contributed by atoms with E-state index in [4.69, 9.17) is 0 Å². The molecular formula is C21H24N4O3. The molecule has 0 bridgehead atoms. The maximum absolute atomic E-state index is 12.1. The van der Waals surface area contributed by atoms with Crippen LogP contribution in [0.25, 0.3) is 0 Å². The lowest BCUT2D eigenvalue weighted by Crippen LogP contribution is -2.40. The summed E-state index contributed by atoms with van der Waals surface area (Å²) in [7, 11) is 0. The quantitative estimate of drug-likeness (QED) is 0.529. The second kappa shape index (κ2) is 9.55. The van der Waals surface area contributed by atoms with Gasteiger partial charge >= 0.3 is 6.03 Å². The first-order valence-corrected chi connectivity index (χ1v) is 9.36. The molecule has 146 valence electrons. The first kappa shape index (κ1) is 19.4. The molecule has 2 aromatic carbocycles. The van der Waals surface area contributed by atoms with Crippen molar-refractivity contribution in [1.29, 1.82) is 0 Å². The van der Waals surface area contributed by atoms with Gasteiger partial charge in [-0.3, -0.25) is 9.59 Å². The van der Waals surface area contributed by atoms with Crippen LogP contribution in [-0.4, -0.2) is 30.9 Å². The van der Waals surface area contributed by atoms with Crippen molar-refractivity contribution in [3.63, 3.8) is 0 Å². The summed E-state index contributed by atoms with van der Waals surface area (Å²) in [6.07, 6.45) is 1.90. The van der Waals surface area contributed by atoms with Crippen LogP contribution in [0.1, 0.15) is 28.8 Å². The number of nitrogens with one attached hydrogen (secondary N) is 4. The lowest BCUT2D eigenvalue weighted by Gasteiger charge is -2.09. The van der Waals surface area contributed by atoms with E-state index in [1.54, 1.807) is 24.3 Å². The van der Waals surface area contributed by atoms with Crippen LogP contribution in [0.15, 0.2) is 54.6 Å². The molecule has 1 fully saturated rings. The van der Waals surface area contributed by atoms with E-state index < -0.39 is 0 Å². The number of rotatable bonds is 8. The van der Waals surface area contributed by atoms with Crippen molar-refractivity contribution in [3.8, 4) is 0 Å². The predicted octanol–water partition coefficient (Wildman–Crippen LogP) is 2.26. The van der Waals surface area contributed by atoms with Crippen molar-refractivity contribution in [2.45, 2.75) is 19.4 Å². The first-order valence-electron chi connectivity index (χ1n) is 9.36. The Bertz CT molecular complexity index is 817. The molecule has 1 saturated carbocycles. The number of anilines is 1. The van der Waals surface area contributed by atoms with Gasteiger partial charge in [0, 0.05) is 36.8 Å². The van der Waals surface area contributed by atoms with Crippen LogP contribution < -0.4 is 21.3 Å². The number of amides is 4. The third kappa shape index (κ3) is 6.12. The fraction of sp³-hybridized carbons (Fsp3) is 0.286. The molecule has 1 aliphatic rings. The second-order valence-corrected chi connectivity index (χ2v) is 6.69. The fourth-order valence-corrected chi connectivity index (χ4v) is 2.59. The van der Waals surface area contributed by atoms with Gasteiger partial charge in [0.05, 0.1) is 0 Å². The Morgan fingerprint density at radius 3 is 2.18 bits per heavy atom. The van der Waals surface area contributed by atoms with Crippen molar-refractivity contribution in [2.24, 2.45) is 5.92 Å². The van der Waals surface area contributed by atoms with Crippen LogP contribution in [0.4, 0.5) is 10.5 Å². The molecular weight excluding hydrogens is 356 g/mol. The van der Waals surface area contributed by atoms with Crippen molar-refractivity contribution >= 4 is 23.5 Å². The monoisotopic (exact) mass is 380 g/mol. The predicted molar refractivity (Wildman–Crippen MR) is 107 cm³/mol. The highest BCUT2D eigenvalue weighted by molar-refractivity contribution is 5.96. The first-order chi connectivity index (χ1) is 13.6. The van der Waals surface area contributed by atoms with E-state index in [9.17, 15) is 14.4 Å². The summed E-state index contributed by atoms with van der Waals surface area (Å²) in [6, 6.07) is 16.1. The highest BCUT2D eigenvalue weighted by Gasteiger charge is 2.29. The lowest BCUT2D eigenvalue weighted by molar-refractivity contribution is -0.117. The van der Waals surface area contributed by atoms with Crippen molar-refractivity contribution < 1.29 is 14.4 Å². The molecule has 0 aliphatic heterocycles. The van der Waals surface area contributed by atoms with Gasteiger partial charge in [0.15, 0.2) is 0 Å². The van der Waals surface area contributed by atoms with Crippen LogP contribution in [0, 0.1) is 5.92 Å². The van der Waals surface area contributed by atoms with E-state index in [1.165, 1.54) is 0 Å². The molecule has 0 saturated heterocycles. The van der Waals surface area contributed by atoms with E-state index in [0.717, 1.165) is 18.4 Å². The molecule has 0 atom stereocenters. The minimum absolute atomic E-state index is 0.0359. The Labute approximate surface area is 163 Å². The van der Waals surface area contributed by atoms with E-state index in [2.05, 4.69) is 21.3 Å². The topological polar surface area (TPSA) is 99.3 Å². The molecule has 2 aromatic rings. The number of hydrogen-bond acceptors (Lipinski definition) is 3. The molecule has 7 heteroatoms. The van der Waals surface area contributed by atoms with Crippen molar-refractivity contribution in [2.75, 3.05) is 18.4 Å². The molecule has 0 spiro atoms. The van der Waals surface area contributed by atoms with E-state index in [-0.39, 0.29) is 23.8 Å². The number of urea groups is 1. The lowest BCUT2D eigenvalue weighted by atomic mass is 10.2. The van der Waals surface area contributed by atoms with Crippen molar-refractivity contribution in [3.05, 3.63) is 65.7 Å². The van der Waals surface area contributed by atoms with Crippen LogP contribution in [0.3, 0.4) is 0 Å². The van der Waals surface area contributed by atoms with Gasteiger partial charge in [-0.05, 0) is 42.7 Å². The molecule has 3 rings (SSSR count). The standard InChI is InChI=1S/C21H24N4O3/c26-19(16-8-10-18(11-9-16)25-20(27)17-6-7-17)22-12-13-23-21(28)24-14-15-4-2-1-3-5-15/h1-5,8-11,17H,6-7,12-14H2,(H,22,26)(H,25,27)(H2,23,24,28). The van der Waals surface area contributed by atoms with Crippen LogP contribution >= 0.6 is 0 Å². The molecule has 0 unspecified atom stereocenters. The average molecular weight is 380 g/mol. The van der Waals surface area contributed by atoms with E-state index in [1.807, 2.05) is 30.3 Å². The summed E-state index contributed by atoms with van der Waals surface area (Å²) < 4.78 is 0. The molecule has 7 nitrogen and oxygen atoms in total. The highest BCUT2D eigenvalue weighted by Crippen LogP contribution is 2.30. The molecule has 28 heavy (non-hydrogen) atoms. The smallest absolute Gasteiger partial charge is 0.315 e.